The molecule has 0 aromatic carbocycles. The van der Waals surface area contributed by atoms with Crippen LogP contribution in [0.3, 0.4) is 0 Å². The summed E-state index contributed by atoms with van der Waals surface area (Å²) in [5, 5.41) is 2.15. The fraction of sp³-hybridized carbons (Fsp3) is 0.615. The van der Waals surface area contributed by atoms with Gasteiger partial charge in [-0.05, 0) is 23.4 Å². The van der Waals surface area contributed by atoms with Crippen LogP contribution in [0.5, 0.6) is 0 Å². The third-order valence-corrected chi connectivity index (χ3v) is 4.56. The number of nitrogens with two attached hydrogens (primary N) is 1. The Morgan fingerprint density at radius 1 is 1.61 bits per heavy atom. The van der Waals surface area contributed by atoms with Crippen LogP contribution in [0.25, 0.3) is 0 Å². The lowest BCUT2D eigenvalue weighted by Gasteiger charge is -2.34. The second-order valence-corrected chi connectivity index (χ2v) is 5.97. The van der Waals surface area contributed by atoms with Crippen LogP contribution in [0.4, 0.5) is 0 Å². The smallest absolute Gasteiger partial charge is 0.223 e. The van der Waals surface area contributed by atoms with Gasteiger partial charge < -0.3 is 10.6 Å². The normalized spacial score (nSPS) is 17.3. The van der Waals surface area contributed by atoms with Gasteiger partial charge >= 0.3 is 0 Å². The molecule has 1 aliphatic heterocycles. The molecule has 1 atom stereocenters. The summed E-state index contributed by atoms with van der Waals surface area (Å²) in [6.45, 7) is 2.48. The summed E-state index contributed by atoms with van der Waals surface area (Å²) < 4.78 is 0. The molecule has 4 nitrogen and oxygen atoms in total. The molecule has 2 rings (SSSR count). The van der Waals surface area contributed by atoms with Gasteiger partial charge in [0.05, 0.1) is 0 Å². The van der Waals surface area contributed by atoms with Gasteiger partial charge in [-0.1, -0.05) is 0 Å². The van der Waals surface area contributed by atoms with Crippen LogP contribution < -0.4 is 5.73 Å². The Hall–Kier alpha value is -0.910. The molecule has 0 saturated carbocycles. The molecule has 1 aliphatic rings. The number of amides is 1. The van der Waals surface area contributed by atoms with Gasteiger partial charge in [0, 0.05) is 51.1 Å². The van der Waals surface area contributed by atoms with Crippen molar-refractivity contribution in [2.24, 2.45) is 5.73 Å². The van der Waals surface area contributed by atoms with Crippen molar-refractivity contribution in [1.82, 2.24) is 9.80 Å². The number of thiophene rings is 1. The maximum atomic E-state index is 11.8. The molecule has 100 valence electrons. The molecule has 18 heavy (non-hydrogen) atoms. The summed E-state index contributed by atoms with van der Waals surface area (Å²) in [5.74, 6) is 0.154. The number of carbonyl (C=O) groups is 1. The van der Waals surface area contributed by atoms with E-state index in [-0.39, 0.29) is 11.9 Å². The zero-order chi connectivity index (χ0) is 13.1. The fourth-order valence-electron chi connectivity index (χ4n) is 2.33. The van der Waals surface area contributed by atoms with Crippen LogP contribution in [-0.2, 0) is 17.8 Å². The molecule has 0 spiro atoms. The topological polar surface area (TPSA) is 49.6 Å². The van der Waals surface area contributed by atoms with E-state index >= 15 is 0 Å². The van der Waals surface area contributed by atoms with Gasteiger partial charge in [-0.2, -0.15) is 0 Å². The van der Waals surface area contributed by atoms with E-state index < -0.39 is 0 Å². The van der Waals surface area contributed by atoms with E-state index in [4.69, 9.17) is 5.73 Å². The Labute approximate surface area is 112 Å². The largest absolute Gasteiger partial charge is 0.349 e. The molecule has 0 radical (unpaired) electrons. The van der Waals surface area contributed by atoms with Crippen molar-refractivity contribution in [2.75, 3.05) is 27.2 Å². The van der Waals surface area contributed by atoms with Crippen molar-refractivity contribution < 1.29 is 4.79 Å². The van der Waals surface area contributed by atoms with Crippen molar-refractivity contribution in [1.29, 1.82) is 0 Å². The zero-order valence-electron chi connectivity index (χ0n) is 11.1. The number of hydrogen-bond donors (Lipinski definition) is 1. The minimum atomic E-state index is 0.154. The molecule has 1 amide bonds. The minimum Gasteiger partial charge on any atom is -0.349 e. The first-order valence-corrected chi connectivity index (χ1v) is 7.19. The van der Waals surface area contributed by atoms with Crippen LogP contribution in [-0.4, -0.2) is 48.9 Å². The van der Waals surface area contributed by atoms with E-state index in [1.165, 1.54) is 10.4 Å². The van der Waals surface area contributed by atoms with E-state index in [9.17, 15) is 4.79 Å². The summed E-state index contributed by atoms with van der Waals surface area (Å²) in [6.07, 6.45) is 1.60. The van der Waals surface area contributed by atoms with E-state index in [0.29, 0.717) is 13.0 Å². The number of rotatable bonds is 4. The third kappa shape index (κ3) is 2.91. The van der Waals surface area contributed by atoms with E-state index in [1.54, 1.807) is 19.0 Å². The third-order valence-electron chi connectivity index (χ3n) is 3.53. The lowest BCUT2D eigenvalue weighted by molar-refractivity contribution is -0.130. The zero-order valence-corrected chi connectivity index (χ0v) is 11.9. The lowest BCUT2D eigenvalue weighted by atomic mass is 10.0. The average Bonchev–Trinajstić information content (AvgIpc) is 2.82. The highest BCUT2D eigenvalue weighted by molar-refractivity contribution is 7.10. The first-order valence-electron chi connectivity index (χ1n) is 6.31. The molecule has 0 bridgehead atoms. The van der Waals surface area contributed by atoms with Crippen molar-refractivity contribution in [3.63, 3.8) is 0 Å². The van der Waals surface area contributed by atoms with Crippen LogP contribution >= 0.6 is 11.3 Å². The monoisotopic (exact) mass is 267 g/mol. The maximum Gasteiger partial charge on any atom is 0.223 e. The highest BCUT2D eigenvalue weighted by atomic mass is 32.1. The Bertz CT molecular complexity index is 416. The van der Waals surface area contributed by atoms with Gasteiger partial charge in [0.15, 0.2) is 0 Å². The van der Waals surface area contributed by atoms with Gasteiger partial charge in [-0.25, -0.2) is 0 Å². The van der Waals surface area contributed by atoms with Gasteiger partial charge in [0.1, 0.15) is 0 Å². The molecule has 5 heteroatoms. The van der Waals surface area contributed by atoms with Gasteiger partial charge in [0.25, 0.3) is 0 Å². The highest BCUT2D eigenvalue weighted by Crippen LogP contribution is 2.25. The SMILES string of the molecule is CN(C)C(=O)CC(CN)N1CCc2sccc2C1. The van der Waals surface area contributed by atoms with E-state index in [2.05, 4.69) is 16.3 Å². The molecule has 2 heterocycles. The van der Waals surface area contributed by atoms with E-state index in [1.807, 2.05) is 11.3 Å². The lowest BCUT2D eigenvalue weighted by Crippen LogP contribution is -2.45. The fourth-order valence-corrected chi connectivity index (χ4v) is 3.22. The quantitative estimate of drug-likeness (QED) is 0.882. The van der Waals surface area contributed by atoms with Crippen molar-refractivity contribution in [2.45, 2.75) is 25.4 Å². The molecular weight excluding hydrogens is 246 g/mol. The van der Waals surface area contributed by atoms with Crippen molar-refractivity contribution in [3.8, 4) is 0 Å². The van der Waals surface area contributed by atoms with Crippen LogP contribution in [0.15, 0.2) is 11.4 Å². The molecule has 1 aromatic rings. The standard InChI is InChI=1S/C13H21N3OS/c1-15(2)13(17)7-11(8-14)16-5-3-12-10(9-16)4-6-18-12/h4,6,11H,3,5,7-9,14H2,1-2H3. The van der Waals surface area contributed by atoms with Crippen molar-refractivity contribution >= 4 is 17.2 Å². The Morgan fingerprint density at radius 3 is 3.06 bits per heavy atom. The first kappa shape index (κ1) is 13.5. The highest BCUT2D eigenvalue weighted by Gasteiger charge is 2.25. The van der Waals surface area contributed by atoms with Crippen LogP contribution in [0, 0.1) is 0 Å². The van der Waals surface area contributed by atoms with E-state index in [0.717, 1.165) is 19.5 Å². The summed E-state index contributed by atoms with van der Waals surface area (Å²) >= 11 is 1.83. The summed E-state index contributed by atoms with van der Waals surface area (Å²) in [6, 6.07) is 2.35. The predicted octanol–water partition coefficient (Wildman–Crippen LogP) is 0.912. The van der Waals surface area contributed by atoms with Crippen LogP contribution in [0.2, 0.25) is 0 Å². The summed E-state index contributed by atoms with van der Waals surface area (Å²) in [7, 11) is 3.59. The molecule has 1 aromatic heterocycles. The molecule has 0 fully saturated rings. The maximum absolute atomic E-state index is 11.8. The minimum absolute atomic E-state index is 0.154. The number of hydrogen-bond acceptors (Lipinski definition) is 4. The number of fused-ring (bicyclic) bond motifs is 1. The number of nitrogens with zero attached hydrogens (tertiary/aromatic N) is 2. The predicted molar refractivity (Wildman–Crippen MR) is 74.6 cm³/mol. The molecule has 0 aliphatic carbocycles. The molecule has 1 unspecified atom stereocenters. The number of carbonyl (C=O) groups excluding carboxylic acids is 1. The first-order chi connectivity index (χ1) is 8.61. The molecular formula is C13H21N3OS. The summed E-state index contributed by atoms with van der Waals surface area (Å²) in [5.41, 5.74) is 7.24. The average molecular weight is 267 g/mol. The molecule has 2 N–H and O–H groups in total. The van der Waals surface area contributed by atoms with Gasteiger partial charge in [0.2, 0.25) is 5.91 Å². The molecule has 0 saturated heterocycles. The Kier molecular flexibility index (Phi) is 4.37. The van der Waals surface area contributed by atoms with Crippen LogP contribution in [0.1, 0.15) is 16.9 Å². The second kappa shape index (κ2) is 5.82. The van der Waals surface area contributed by atoms with Crippen molar-refractivity contribution in [3.05, 3.63) is 21.9 Å². The Morgan fingerprint density at radius 2 is 2.39 bits per heavy atom. The Balaban J connectivity index is 2.00. The summed E-state index contributed by atoms with van der Waals surface area (Å²) in [4.78, 5) is 17.3. The van der Waals surface area contributed by atoms with Gasteiger partial charge in [-0.15, -0.1) is 11.3 Å². The second-order valence-electron chi connectivity index (χ2n) is 4.97. The van der Waals surface area contributed by atoms with Gasteiger partial charge in [-0.3, -0.25) is 9.69 Å².